The van der Waals surface area contributed by atoms with Crippen LogP contribution in [0.1, 0.15) is 85.6 Å². The molecule has 0 N–H and O–H groups in total. The normalized spacial score (nSPS) is 39.0. The molecule has 1 saturated heterocycles. The maximum Gasteiger partial charge on any atom is 0.498 e. The van der Waals surface area contributed by atoms with Gasteiger partial charge in [-0.05, 0) is 95.1 Å². The van der Waals surface area contributed by atoms with Crippen LogP contribution in [0.4, 0.5) is 4.39 Å². The molecule has 4 saturated carbocycles. The number of hydrogen-bond donors (Lipinski definition) is 0. The SMILES string of the molecule is COCOc1c(B2OC(C)(C)C(C)(C)O2)cc(F)cc1C12CC3CC(C)(CC(C)(C3)C1)C2. The number of methoxy groups -OCH3 is 1. The van der Waals surface area contributed by atoms with E-state index in [0.29, 0.717) is 28.0 Å². The Hall–Kier alpha value is -1.11. The standard InChI is InChI=1S/C26H38BFO4/c1-22(2)23(3,4)32-27(31-22)20-9-18(28)8-19(21(20)30-16-29-7)26-12-17-10-24(5,14-26)13-25(6,11-17)15-26/h8-9,17H,10-16H2,1-7H3. The molecule has 6 heteroatoms. The van der Waals surface area contributed by atoms with Crippen LogP contribution in [-0.2, 0) is 19.5 Å². The molecule has 32 heavy (non-hydrogen) atoms. The highest BCUT2D eigenvalue weighted by Crippen LogP contribution is 2.70. The van der Waals surface area contributed by atoms with Gasteiger partial charge in [0.05, 0.1) is 11.2 Å². The monoisotopic (exact) mass is 444 g/mol. The van der Waals surface area contributed by atoms with Gasteiger partial charge < -0.3 is 18.8 Å². The van der Waals surface area contributed by atoms with Gasteiger partial charge in [0.25, 0.3) is 0 Å². The minimum Gasteiger partial charge on any atom is -0.468 e. The number of benzene rings is 1. The fourth-order valence-electron chi connectivity index (χ4n) is 8.18. The molecule has 0 aromatic heterocycles. The molecule has 1 aromatic rings. The molecule has 2 atom stereocenters. The predicted octanol–water partition coefficient (Wildman–Crippen LogP) is 5.36. The molecule has 1 aromatic carbocycles. The molecule has 1 aliphatic heterocycles. The van der Waals surface area contributed by atoms with E-state index in [4.69, 9.17) is 18.8 Å². The lowest BCUT2D eigenvalue weighted by atomic mass is 9.39. The van der Waals surface area contributed by atoms with Gasteiger partial charge >= 0.3 is 7.12 Å². The molecule has 1 heterocycles. The van der Waals surface area contributed by atoms with Gasteiger partial charge in [-0.2, -0.15) is 0 Å². The summed E-state index contributed by atoms with van der Waals surface area (Å²) in [6.45, 7) is 13.1. The molecule has 4 nitrogen and oxygen atoms in total. The highest BCUT2D eigenvalue weighted by Gasteiger charge is 2.62. The molecular formula is C26H38BFO4. The van der Waals surface area contributed by atoms with E-state index in [-0.39, 0.29) is 18.0 Å². The molecule has 2 unspecified atom stereocenters. The lowest BCUT2D eigenvalue weighted by molar-refractivity contribution is -0.110. The summed E-state index contributed by atoms with van der Waals surface area (Å²) in [4.78, 5) is 0. The lowest BCUT2D eigenvalue weighted by Crippen LogP contribution is -2.57. The van der Waals surface area contributed by atoms with Crippen molar-refractivity contribution in [2.45, 2.75) is 96.7 Å². The molecule has 4 bridgehead atoms. The van der Waals surface area contributed by atoms with Crippen molar-refractivity contribution in [3.8, 4) is 5.75 Å². The van der Waals surface area contributed by atoms with Gasteiger partial charge in [0.2, 0.25) is 0 Å². The Morgan fingerprint density at radius 1 is 0.938 bits per heavy atom. The van der Waals surface area contributed by atoms with Gasteiger partial charge in [0, 0.05) is 23.6 Å². The van der Waals surface area contributed by atoms with Gasteiger partial charge in [0.15, 0.2) is 6.79 Å². The summed E-state index contributed by atoms with van der Waals surface area (Å²) in [7, 11) is 0.936. The van der Waals surface area contributed by atoms with Crippen LogP contribution in [0.3, 0.4) is 0 Å². The average Bonchev–Trinajstić information content (AvgIpc) is 2.84. The second-order valence-electron chi connectivity index (χ2n) is 12.9. The van der Waals surface area contributed by atoms with Crippen LogP contribution in [0.5, 0.6) is 5.75 Å². The molecule has 0 spiro atoms. The molecule has 176 valence electrons. The summed E-state index contributed by atoms with van der Waals surface area (Å²) in [5, 5.41) is 0. The minimum atomic E-state index is -0.679. The van der Waals surface area contributed by atoms with Crippen LogP contribution in [0.25, 0.3) is 0 Å². The largest absolute Gasteiger partial charge is 0.498 e. The van der Waals surface area contributed by atoms with Gasteiger partial charge in [0.1, 0.15) is 11.6 Å². The summed E-state index contributed by atoms with van der Waals surface area (Å²) < 4.78 is 39.4. The Balaban J connectivity index is 1.64. The minimum absolute atomic E-state index is 0.0769. The van der Waals surface area contributed by atoms with E-state index in [9.17, 15) is 0 Å². The Morgan fingerprint density at radius 3 is 2.06 bits per heavy atom. The molecular weight excluding hydrogens is 406 g/mol. The average molecular weight is 444 g/mol. The summed E-state index contributed by atoms with van der Waals surface area (Å²) in [6.07, 6.45) is 7.12. The Kier molecular flexibility index (Phi) is 4.93. The first kappa shape index (κ1) is 22.7. The Labute approximate surface area is 192 Å². The lowest BCUT2D eigenvalue weighted by Gasteiger charge is -2.65. The third-order valence-electron chi connectivity index (χ3n) is 9.11. The van der Waals surface area contributed by atoms with Crippen molar-refractivity contribution in [1.82, 2.24) is 0 Å². The fraction of sp³-hybridized carbons (Fsp3) is 0.769. The first-order valence-electron chi connectivity index (χ1n) is 12.1. The van der Waals surface area contributed by atoms with E-state index in [2.05, 4.69) is 13.8 Å². The van der Waals surface area contributed by atoms with Crippen molar-refractivity contribution < 1.29 is 23.2 Å². The van der Waals surface area contributed by atoms with Crippen LogP contribution >= 0.6 is 0 Å². The Morgan fingerprint density at radius 2 is 1.53 bits per heavy atom. The van der Waals surface area contributed by atoms with E-state index in [0.717, 1.165) is 24.8 Å². The third kappa shape index (κ3) is 3.44. The van der Waals surface area contributed by atoms with Gasteiger partial charge in [-0.25, -0.2) is 4.39 Å². The summed E-state index contributed by atoms with van der Waals surface area (Å²) in [5.74, 6) is 1.14. The molecule has 0 amide bonds. The van der Waals surface area contributed by atoms with Gasteiger partial charge in [-0.3, -0.25) is 0 Å². The summed E-state index contributed by atoms with van der Waals surface area (Å²) >= 11 is 0. The maximum atomic E-state index is 15.2. The number of rotatable bonds is 5. The zero-order chi connectivity index (χ0) is 23.2. The van der Waals surface area contributed by atoms with Crippen LogP contribution in [0.15, 0.2) is 12.1 Å². The van der Waals surface area contributed by atoms with E-state index in [1.807, 2.05) is 27.7 Å². The molecule has 5 fully saturated rings. The zero-order valence-electron chi connectivity index (χ0n) is 20.8. The highest BCUT2D eigenvalue weighted by molar-refractivity contribution is 6.63. The number of hydrogen-bond acceptors (Lipinski definition) is 4. The predicted molar refractivity (Wildman–Crippen MR) is 124 cm³/mol. The maximum absolute atomic E-state index is 15.2. The Bertz CT molecular complexity index is 895. The van der Waals surface area contributed by atoms with E-state index >= 15 is 4.39 Å². The van der Waals surface area contributed by atoms with Gasteiger partial charge in [-0.1, -0.05) is 13.8 Å². The third-order valence-corrected chi connectivity index (χ3v) is 9.11. The number of ether oxygens (including phenoxy) is 2. The van der Waals surface area contributed by atoms with E-state index in [1.54, 1.807) is 13.2 Å². The van der Waals surface area contributed by atoms with Crippen LogP contribution in [0.2, 0.25) is 0 Å². The quantitative estimate of drug-likeness (QED) is 0.453. The van der Waals surface area contributed by atoms with Crippen molar-refractivity contribution in [2.75, 3.05) is 13.9 Å². The van der Waals surface area contributed by atoms with Crippen LogP contribution in [0, 0.1) is 22.6 Å². The second-order valence-corrected chi connectivity index (χ2v) is 12.9. The second kappa shape index (κ2) is 6.96. The number of halogens is 1. The fourth-order valence-corrected chi connectivity index (χ4v) is 8.18. The van der Waals surface area contributed by atoms with E-state index < -0.39 is 18.3 Å². The first-order valence-corrected chi connectivity index (χ1v) is 12.1. The van der Waals surface area contributed by atoms with Gasteiger partial charge in [-0.15, -0.1) is 0 Å². The molecule has 5 aliphatic rings. The van der Waals surface area contributed by atoms with E-state index in [1.165, 1.54) is 25.3 Å². The topological polar surface area (TPSA) is 36.9 Å². The smallest absolute Gasteiger partial charge is 0.468 e. The highest BCUT2D eigenvalue weighted by atomic mass is 19.1. The summed E-state index contributed by atoms with van der Waals surface area (Å²) in [5.41, 5.74) is 1.15. The van der Waals surface area contributed by atoms with Crippen molar-refractivity contribution in [1.29, 1.82) is 0 Å². The molecule has 6 rings (SSSR count). The van der Waals surface area contributed by atoms with Crippen molar-refractivity contribution in [2.24, 2.45) is 16.7 Å². The zero-order valence-corrected chi connectivity index (χ0v) is 20.8. The van der Waals surface area contributed by atoms with Crippen molar-refractivity contribution in [3.63, 3.8) is 0 Å². The first-order chi connectivity index (χ1) is 14.8. The molecule has 0 radical (unpaired) electrons. The van der Waals surface area contributed by atoms with Crippen LogP contribution in [-0.4, -0.2) is 32.2 Å². The van der Waals surface area contributed by atoms with Crippen LogP contribution < -0.4 is 10.2 Å². The van der Waals surface area contributed by atoms with Crippen molar-refractivity contribution in [3.05, 3.63) is 23.5 Å². The summed E-state index contributed by atoms with van der Waals surface area (Å²) in [6, 6.07) is 3.25. The molecule has 4 aliphatic carbocycles. The van der Waals surface area contributed by atoms with Crippen molar-refractivity contribution >= 4 is 12.6 Å².